The highest BCUT2D eigenvalue weighted by Crippen LogP contribution is 2.30. The molecule has 3 aromatic carbocycles. The first kappa shape index (κ1) is 15.3. The van der Waals surface area contributed by atoms with E-state index >= 15 is 0 Å². The summed E-state index contributed by atoms with van der Waals surface area (Å²) in [6.45, 7) is 0. The number of hydrogen-bond acceptors (Lipinski definition) is 5. The highest BCUT2D eigenvalue weighted by atomic mass is 79.9. The van der Waals surface area contributed by atoms with Gasteiger partial charge in [-0.2, -0.15) is 0 Å². The first-order valence-electron chi connectivity index (χ1n) is 6.86. The molecule has 0 heterocycles. The van der Waals surface area contributed by atoms with E-state index in [4.69, 9.17) is 4.74 Å². The van der Waals surface area contributed by atoms with Crippen LogP contribution < -0.4 is 26.2 Å². The van der Waals surface area contributed by atoms with Gasteiger partial charge in [0.15, 0.2) is 0 Å². The minimum absolute atomic E-state index is 0.238. The van der Waals surface area contributed by atoms with Gasteiger partial charge in [0.25, 0.3) is 10.9 Å². The van der Waals surface area contributed by atoms with E-state index in [9.17, 15) is 9.59 Å². The van der Waals surface area contributed by atoms with E-state index < -0.39 is 10.9 Å². The largest absolute Gasteiger partial charge is 0.495 e. The number of methoxy groups -OCH3 is 1. The van der Waals surface area contributed by atoms with Crippen LogP contribution in [0.15, 0.2) is 62.6 Å². The standard InChI is InChI=1S/C17H13BrN2O3/c1-23-13-5-3-2-4-12(13)20-15-14(16(21)17(15)22)19-11-8-6-10(18)7-9-11/h2-9,19-20H,1H3. The van der Waals surface area contributed by atoms with Gasteiger partial charge in [0.1, 0.15) is 17.1 Å². The van der Waals surface area contributed by atoms with Gasteiger partial charge in [0.05, 0.1) is 12.8 Å². The molecular formula is C17H13BrN2O3. The van der Waals surface area contributed by atoms with Crippen molar-refractivity contribution in [1.82, 2.24) is 0 Å². The van der Waals surface area contributed by atoms with Crippen LogP contribution in [0, 0.1) is 0 Å². The molecule has 2 N–H and O–H groups in total. The van der Waals surface area contributed by atoms with Gasteiger partial charge < -0.3 is 15.4 Å². The Morgan fingerprint density at radius 2 is 1.48 bits per heavy atom. The summed E-state index contributed by atoms with van der Waals surface area (Å²) in [5.74, 6) is 0.593. The monoisotopic (exact) mass is 372 g/mol. The summed E-state index contributed by atoms with van der Waals surface area (Å²) in [7, 11) is 1.55. The van der Waals surface area contributed by atoms with Gasteiger partial charge >= 0.3 is 0 Å². The lowest BCUT2D eigenvalue weighted by molar-refractivity contribution is 0.417. The highest BCUT2D eigenvalue weighted by molar-refractivity contribution is 9.10. The molecule has 0 saturated heterocycles. The smallest absolute Gasteiger partial charge is 0.253 e. The minimum Gasteiger partial charge on any atom is -0.495 e. The maximum atomic E-state index is 11.9. The molecule has 3 aromatic rings. The lowest BCUT2D eigenvalue weighted by Crippen LogP contribution is -2.35. The van der Waals surface area contributed by atoms with Gasteiger partial charge in [-0.3, -0.25) is 9.59 Å². The molecule has 0 atom stereocenters. The fraction of sp³-hybridized carbons (Fsp3) is 0.0588. The predicted molar refractivity (Wildman–Crippen MR) is 95.1 cm³/mol. The first-order chi connectivity index (χ1) is 11.1. The number of rotatable bonds is 5. The Hall–Kier alpha value is -2.60. The molecule has 0 amide bonds. The number of anilines is 4. The molecule has 0 aliphatic heterocycles. The summed E-state index contributed by atoms with van der Waals surface area (Å²) in [5, 5.41) is 5.95. The normalized spacial score (nSPS) is 10.5. The Kier molecular flexibility index (Phi) is 4.16. The summed E-state index contributed by atoms with van der Waals surface area (Å²) < 4.78 is 6.17. The summed E-state index contributed by atoms with van der Waals surface area (Å²) in [6.07, 6.45) is 0. The molecular weight excluding hydrogens is 360 g/mol. The van der Waals surface area contributed by atoms with E-state index in [-0.39, 0.29) is 11.4 Å². The van der Waals surface area contributed by atoms with Gasteiger partial charge in [-0.15, -0.1) is 0 Å². The van der Waals surface area contributed by atoms with Crippen molar-refractivity contribution in [2.24, 2.45) is 0 Å². The summed E-state index contributed by atoms with van der Waals surface area (Å²) in [6, 6.07) is 14.5. The van der Waals surface area contributed by atoms with Crippen molar-refractivity contribution in [3.63, 3.8) is 0 Å². The van der Waals surface area contributed by atoms with E-state index in [2.05, 4.69) is 26.6 Å². The van der Waals surface area contributed by atoms with Crippen molar-refractivity contribution < 1.29 is 4.74 Å². The molecule has 0 radical (unpaired) electrons. The van der Waals surface area contributed by atoms with Crippen LogP contribution in [-0.2, 0) is 0 Å². The van der Waals surface area contributed by atoms with Crippen molar-refractivity contribution >= 4 is 38.7 Å². The summed E-state index contributed by atoms with van der Waals surface area (Å²) in [4.78, 5) is 23.7. The van der Waals surface area contributed by atoms with E-state index in [0.29, 0.717) is 11.4 Å². The van der Waals surface area contributed by atoms with Crippen molar-refractivity contribution in [3.05, 3.63) is 73.5 Å². The molecule has 0 spiro atoms. The van der Waals surface area contributed by atoms with Crippen LogP contribution in [0.5, 0.6) is 5.75 Å². The number of halogens is 1. The molecule has 0 aromatic heterocycles. The van der Waals surface area contributed by atoms with Gasteiger partial charge in [-0.1, -0.05) is 28.1 Å². The molecule has 0 aliphatic carbocycles. The first-order valence-corrected chi connectivity index (χ1v) is 7.65. The summed E-state index contributed by atoms with van der Waals surface area (Å²) >= 11 is 3.35. The zero-order chi connectivity index (χ0) is 16.4. The second-order valence-electron chi connectivity index (χ2n) is 4.87. The number of para-hydroxylation sites is 2. The lowest BCUT2D eigenvalue weighted by atomic mass is 10.1. The third-order valence-corrected chi connectivity index (χ3v) is 3.92. The highest BCUT2D eigenvalue weighted by Gasteiger charge is 2.22. The van der Waals surface area contributed by atoms with Gasteiger partial charge in [0, 0.05) is 10.2 Å². The Morgan fingerprint density at radius 3 is 2.13 bits per heavy atom. The molecule has 0 saturated carbocycles. The number of hydrogen-bond donors (Lipinski definition) is 2. The van der Waals surface area contributed by atoms with Crippen molar-refractivity contribution in [2.75, 3.05) is 17.7 Å². The molecule has 116 valence electrons. The second-order valence-corrected chi connectivity index (χ2v) is 5.78. The summed E-state index contributed by atoms with van der Waals surface area (Å²) in [5.41, 5.74) is 0.760. The molecule has 23 heavy (non-hydrogen) atoms. The Bertz CT molecular complexity index is 912. The Balaban J connectivity index is 1.89. The number of ether oxygens (including phenoxy) is 1. The van der Waals surface area contributed by atoms with Crippen LogP contribution in [-0.4, -0.2) is 7.11 Å². The van der Waals surface area contributed by atoms with Crippen LogP contribution >= 0.6 is 15.9 Å². The Labute approximate surface area is 140 Å². The van der Waals surface area contributed by atoms with Crippen LogP contribution in [0.4, 0.5) is 22.7 Å². The molecule has 0 bridgehead atoms. The third kappa shape index (κ3) is 2.98. The average Bonchev–Trinajstić information content (AvgIpc) is 2.59. The van der Waals surface area contributed by atoms with E-state index in [1.807, 2.05) is 36.4 Å². The van der Waals surface area contributed by atoms with Crippen LogP contribution in [0.2, 0.25) is 0 Å². The zero-order valence-corrected chi connectivity index (χ0v) is 13.8. The molecule has 5 nitrogen and oxygen atoms in total. The lowest BCUT2D eigenvalue weighted by Gasteiger charge is -2.16. The second kappa shape index (κ2) is 6.26. The van der Waals surface area contributed by atoms with Crippen molar-refractivity contribution in [2.45, 2.75) is 0 Å². The average molecular weight is 373 g/mol. The van der Waals surface area contributed by atoms with Gasteiger partial charge in [-0.25, -0.2) is 0 Å². The van der Waals surface area contributed by atoms with Gasteiger partial charge in [0.2, 0.25) is 0 Å². The molecule has 6 heteroatoms. The fourth-order valence-corrected chi connectivity index (χ4v) is 2.45. The van der Waals surface area contributed by atoms with Crippen molar-refractivity contribution in [3.8, 4) is 5.75 Å². The maximum absolute atomic E-state index is 11.9. The molecule has 0 aliphatic rings. The number of nitrogens with one attached hydrogen (secondary N) is 2. The minimum atomic E-state index is -0.546. The SMILES string of the molecule is COc1ccccc1Nc1c(Nc2ccc(Br)cc2)c(=O)c1=O. The Morgan fingerprint density at radius 1 is 0.870 bits per heavy atom. The van der Waals surface area contributed by atoms with Crippen LogP contribution in [0.3, 0.4) is 0 Å². The number of benzene rings is 2. The molecule has 0 fully saturated rings. The zero-order valence-electron chi connectivity index (χ0n) is 12.2. The fourth-order valence-electron chi connectivity index (χ4n) is 2.19. The van der Waals surface area contributed by atoms with E-state index in [0.717, 1.165) is 10.2 Å². The maximum Gasteiger partial charge on any atom is 0.253 e. The third-order valence-electron chi connectivity index (χ3n) is 3.39. The van der Waals surface area contributed by atoms with E-state index in [1.165, 1.54) is 0 Å². The quantitative estimate of drug-likeness (QED) is 0.670. The topological polar surface area (TPSA) is 67.4 Å². The molecule has 0 unspecified atom stereocenters. The molecule has 3 rings (SSSR count). The van der Waals surface area contributed by atoms with Crippen LogP contribution in [0.25, 0.3) is 0 Å². The van der Waals surface area contributed by atoms with Gasteiger partial charge in [-0.05, 0) is 36.4 Å². The predicted octanol–water partition coefficient (Wildman–Crippen LogP) is 3.54. The van der Waals surface area contributed by atoms with Crippen molar-refractivity contribution in [1.29, 1.82) is 0 Å². The van der Waals surface area contributed by atoms with Crippen LogP contribution in [0.1, 0.15) is 0 Å². The van der Waals surface area contributed by atoms with E-state index in [1.54, 1.807) is 19.2 Å².